The number of nitrogens with one attached hydrogen (secondary N) is 1. The normalized spacial score (nSPS) is 10.2. The number of benzene rings is 2. The van der Waals surface area contributed by atoms with E-state index in [2.05, 4.69) is 27.9 Å². The summed E-state index contributed by atoms with van der Waals surface area (Å²) in [7, 11) is 6.29. The maximum atomic E-state index is 12.7. The molecule has 0 aliphatic rings. The molecule has 0 heterocycles. The summed E-state index contributed by atoms with van der Waals surface area (Å²) in [6.45, 7) is 1.94. The SMILES string of the molecule is COc1cc(NC(=O)c2ccc(I)c(C)c2)c(C(=O)N(C)C)cc1OC. The first-order valence-corrected chi connectivity index (χ1v) is 8.91. The van der Waals surface area contributed by atoms with Gasteiger partial charge in [0, 0.05) is 29.3 Å². The molecule has 138 valence electrons. The molecule has 0 unspecified atom stereocenters. The number of rotatable bonds is 5. The van der Waals surface area contributed by atoms with E-state index >= 15 is 0 Å². The number of methoxy groups -OCH3 is 2. The summed E-state index contributed by atoms with van der Waals surface area (Å²) in [5, 5.41) is 2.81. The number of carbonyl (C=O) groups is 2. The molecule has 0 saturated heterocycles. The highest BCUT2D eigenvalue weighted by atomic mass is 127. The summed E-state index contributed by atoms with van der Waals surface area (Å²) in [5.41, 5.74) is 2.21. The van der Waals surface area contributed by atoms with Crippen LogP contribution in [0.15, 0.2) is 30.3 Å². The van der Waals surface area contributed by atoms with Crippen LogP contribution in [-0.4, -0.2) is 45.0 Å². The summed E-state index contributed by atoms with van der Waals surface area (Å²) >= 11 is 2.21. The monoisotopic (exact) mass is 468 g/mol. The van der Waals surface area contributed by atoms with Gasteiger partial charge in [-0.2, -0.15) is 0 Å². The first-order chi connectivity index (χ1) is 12.3. The molecule has 0 atom stereocenters. The molecule has 0 radical (unpaired) electrons. The molecule has 0 saturated carbocycles. The zero-order valence-electron chi connectivity index (χ0n) is 15.3. The Bertz CT molecular complexity index is 850. The molecule has 2 aromatic carbocycles. The number of ether oxygens (including phenoxy) is 2. The predicted octanol–water partition coefficient (Wildman–Crippen LogP) is 3.57. The first kappa shape index (κ1) is 20.0. The summed E-state index contributed by atoms with van der Waals surface area (Å²) < 4.78 is 11.6. The number of aryl methyl sites for hydroxylation is 1. The van der Waals surface area contributed by atoms with Crippen LogP contribution in [0.4, 0.5) is 5.69 Å². The van der Waals surface area contributed by atoms with E-state index in [-0.39, 0.29) is 11.8 Å². The van der Waals surface area contributed by atoms with E-state index < -0.39 is 0 Å². The Kier molecular flexibility index (Phi) is 6.47. The van der Waals surface area contributed by atoms with Crippen LogP contribution in [0.5, 0.6) is 11.5 Å². The zero-order valence-corrected chi connectivity index (χ0v) is 17.5. The number of anilines is 1. The summed E-state index contributed by atoms with van der Waals surface area (Å²) in [4.78, 5) is 26.6. The van der Waals surface area contributed by atoms with Crippen molar-refractivity contribution in [1.29, 1.82) is 0 Å². The maximum absolute atomic E-state index is 12.7. The van der Waals surface area contributed by atoms with Gasteiger partial charge in [-0.3, -0.25) is 9.59 Å². The Morgan fingerprint density at radius 2 is 1.65 bits per heavy atom. The molecule has 2 rings (SSSR count). The summed E-state index contributed by atoms with van der Waals surface area (Å²) in [6.07, 6.45) is 0. The lowest BCUT2D eigenvalue weighted by atomic mass is 10.1. The molecule has 0 aromatic heterocycles. The molecule has 0 spiro atoms. The molecule has 7 heteroatoms. The van der Waals surface area contributed by atoms with Gasteiger partial charge in [0.05, 0.1) is 25.5 Å². The van der Waals surface area contributed by atoms with Gasteiger partial charge in [0.15, 0.2) is 11.5 Å². The Labute approximate surface area is 166 Å². The molecule has 2 amide bonds. The van der Waals surface area contributed by atoms with E-state index in [9.17, 15) is 9.59 Å². The van der Waals surface area contributed by atoms with Crippen LogP contribution in [0.25, 0.3) is 0 Å². The average Bonchev–Trinajstić information content (AvgIpc) is 2.62. The Morgan fingerprint density at radius 1 is 1.04 bits per heavy atom. The Morgan fingerprint density at radius 3 is 2.19 bits per heavy atom. The van der Waals surface area contributed by atoms with Crippen LogP contribution in [0.3, 0.4) is 0 Å². The van der Waals surface area contributed by atoms with Crippen LogP contribution in [0.1, 0.15) is 26.3 Å². The van der Waals surface area contributed by atoms with Gasteiger partial charge >= 0.3 is 0 Å². The summed E-state index contributed by atoms with van der Waals surface area (Å²) in [5.74, 6) is 0.294. The Balaban J connectivity index is 2.47. The summed E-state index contributed by atoms with van der Waals surface area (Å²) in [6, 6.07) is 8.60. The number of carbonyl (C=O) groups excluding carboxylic acids is 2. The van der Waals surface area contributed by atoms with Crippen LogP contribution in [-0.2, 0) is 0 Å². The van der Waals surface area contributed by atoms with Crippen molar-refractivity contribution in [3.63, 3.8) is 0 Å². The largest absolute Gasteiger partial charge is 0.493 e. The molecule has 0 aliphatic carbocycles. The lowest BCUT2D eigenvalue weighted by Crippen LogP contribution is -2.24. The molecule has 0 bridgehead atoms. The van der Waals surface area contributed by atoms with Crippen molar-refractivity contribution < 1.29 is 19.1 Å². The third-order valence-electron chi connectivity index (χ3n) is 3.83. The molecule has 1 N–H and O–H groups in total. The van der Waals surface area contributed by atoms with Gasteiger partial charge in [0.25, 0.3) is 11.8 Å². The average molecular weight is 468 g/mol. The molecule has 6 nitrogen and oxygen atoms in total. The predicted molar refractivity (Wildman–Crippen MR) is 109 cm³/mol. The van der Waals surface area contributed by atoms with Gasteiger partial charge < -0.3 is 19.7 Å². The number of amides is 2. The van der Waals surface area contributed by atoms with Crippen molar-refractivity contribution in [3.8, 4) is 11.5 Å². The minimum Gasteiger partial charge on any atom is -0.493 e. The van der Waals surface area contributed by atoms with Crippen LogP contribution in [0.2, 0.25) is 0 Å². The van der Waals surface area contributed by atoms with Crippen molar-refractivity contribution >= 4 is 40.1 Å². The second kappa shape index (κ2) is 8.39. The fourth-order valence-electron chi connectivity index (χ4n) is 2.38. The standard InChI is InChI=1S/C19H21IN2O4/c1-11-8-12(6-7-14(11)20)18(23)21-15-10-17(26-5)16(25-4)9-13(15)19(24)22(2)3/h6-10H,1-5H3,(H,21,23). The lowest BCUT2D eigenvalue weighted by Gasteiger charge is -2.18. The molecule has 0 aliphatic heterocycles. The maximum Gasteiger partial charge on any atom is 0.255 e. The van der Waals surface area contributed by atoms with Crippen LogP contribution < -0.4 is 14.8 Å². The van der Waals surface area contributed by atoms with Crippen molar-refractivity contribution in [2.75, 3.05) is 33.6 Å². The number of hydrogen-bond acceptors (Lipinski definition) is 4. The molecule has 26 heavy (non-hydrogen) atoms. The van der Waals surface area contributed by atoms with Gasteiger partial charge in [-0.05, 0) is 59.3 Å². The van der Waals surface area contributed by atoms with Gasteiger partial charge in [0.2, 0.25) is 0 Å². The number of nitrogens with zero attached hydrogens (tertiary/aromatic N) is 1. The second-order valence-electron chi connectivity index (χ2n) is 5.87. The first-order valence-electron chi connectivity index (χ1n) is 7.83. The number of halogens is 1. The van der Waals surface area contributed by atoms with Crippen molar-refractivity contribution in [3.05, 3.63) is 50.6 Å². The smallest absolute Gasteiger partial charge is 0.255 e. The van der Waals surface area contributed by atoms with Crippen molar-refractivity contribution in [2.24, 2.45) is 0 Å². The third kappa shape index (κ3) is 4.27. The number of hydrogen-bond donors (Lipinski definition) is 1. The molecular weight excluding hydrogens is 447 g/mol. The highest BCUT2D eigenvalue weighted by Gasteiger charge is 2.20. The van der Waals surface area contributed by atoms with Gasteiger partial charge in [-0.25, -0.2) is 0 Å². The molecule has 0 fully saturated rings. The van der Waals surface area contributed by atoms with E-state index in [1.54, 1.807) is 32.3 Å². The van der Waals surface area contributed by atoms with Crippen molar-refractivity contribution in [1.82, 2.24) is 4.90 Å². The van der Waals surface area contributed by atoms with E-state index in [1.165, 1.54) is 19.1 Å². The minimum absolute atomic E-state index is 0.250. The van der Waals surface area contributed by atoms with E-state index in [0.29, 0.717) is 28.3 Å². The molecule has 2 aromatic rings. The third-order valence-corrected chi connectivity index (χ3v) is 5.04. The lowest BCUT2D eigenvalue weighted by molar-refractivity contribution is 0.0828. The van der Waals surface area contributed by atoms with Crippen molar-refractivity contribution in [2.45, 2.75) is 6.92 Å². The van der Waals surface area contributed by atoms with E-state index in [1.807, 2.05) is 19.1 Å². The fourth-order valence-corrected chi connectivity index (χ4v) is 2.72. The highest BCUT2D eigenvalue weighted by Crippen LogP contribution is 2.34. The second-order valence-corrected chi connectivity index (χ2v) is 7.03. The topological polar surface area (TPSA) is 67.9 Å². The fraction of sp³-hybridized carbons (Fsp3) is 0.263. The van der Waals surface area contributed by atoms with Crippen LogP contribution >= 0.6 is 22.6 Å². The minimum atomic E-state index is -0.301. The zero-order chi connectivity index (χ0) is 19.4. The van der Waals surface area contributed by atoms with Crippen LogP contribution in [0, 0.1) is 10.5 Å². The van der Waals surface area contributed by atoms with Gasteiger partial charge in [-0.1, -0.05) is 0 Å². The van der Waals surface area contributed by atoms with Gasteiger partial charge in [-0.15, -0.1) is 0 Å². The van der Waals surface area contributed by atoms with Gasteiger partial charge in [0.1, 0.15) is 0 Å². The van der Waals surface area contributed by atoms with E-state index in [4.69, 9.17) is 9.47 Å². The highest BCUT2D eigenvalue weighted by molar-refractivity contribution is 14.1. The Hall–Kier alpha value is -2.29. The van der Waals surface area contributed by atoms with E-state index in [0.717, 1.165) is 9.13 Å². The molecular formula is C19H21IN2O4. The quantitative estimate of drug-likeness (QED) is 0.682.